The van der Waals surface area contributed by atoms with Crippen molar-refractivity contribution < 1.29 is 4.79 Å². The Kier molecular flexibility index (Phi) is 5.05. The maximum absolute atomic E-state index is 10.9. The van der Waals surface area contributed by atoms with E-state index in [-0.39, 0.29) is 5.91 Å². The molecule has 0 aromatic carbocycles. The van der Waals surface area contributed by atoms with Gasteiger partial charge in [-0.15, -0.1) is 0 Å². The zero-order chi connectivity index (χ0) is 10.2. The number of allylic oxidation sites excluding steroid dienone is 3. The molecule has 1 aliphatic rings. The zero-order valence-electron chi connectivity index (χ0n) is 8.83. The SMILES string of the molecule is CCC(=O)NC/C=C/C1CC=CCC1. The average Bonchev–Trinajstić information content (AvgIpc) is 2.25. The molecule has 1 unspecified atom stereocenters. The van der Waals surface area contributed by atoms with Crippen molar-refractivity contribution >= 4 is 5.91 Å². The fraction of sp³-hybridized carbons (Fsp3) is 0.583. The summed E-state index contributed by atoms with van der Waals surface area (Å²) in [6.45, 7) is 2.54. The molecule has 0 heterocycles. The van der Waals surface area contributed by atoms with Gasteiger partial charge in [0.15, 0.2) is 0 Å². The second-order valence-corrected chi connectivity index (χ2v) is 3.63. The van der Waals surface area contributed by atoms with Crippen LogP contribution in [0.15, 0.2) is 24.3 Å². The van der Waals surface area contributed by atoms with Crippen molar-refractivity contribution in [3.63, 3.8) is 0 Å². The molecule has 0 aromatic rings. The minimum Gasteiger partial charge on any atom is -0.353 e. The van der Waals surface area contributed by atoms with Gasteiger partial charge in [-0.25, -0.2) is 0 Å². The molecule has 0 fully saturated rings. The van der Waals surface area contributed by atoms with Crippen molar-refractivity contribution in [3.05, 3.63) is 24.3 Å². The van der Waals surface area contributed by atoms with Crippen LogP contribution in [0, 0.1) is 5.92 Å². The van der Waals surface area contributed by atoms with E-state index >= 15 is 0 Å². The molecule has 0 aliphatic heterocycles. The van der Waals surface area contributed by atoms with E-state index in [1.165, 1.54) is 12.8 Å². The van der Waals surface area contributed by atoms with Crippen LogP contribution >= 0.6 is 0 Å². The van der Waals surface area contributed by atoms with E-state index in [1.807, 2.05) is 6.92 Å². The highest BCUT2D eigenvalue weighted by molar-refractivity contribution is 5.75. The van der Waals surface area contributed by atoms with Crippen molar-refractivity contribution in [1.82, 2.24) is 5.32 Å². The normalized spacial score (nSPS) is 21.4. The number of carbonyl (C=O) groups excluding carboxylic acids is 1. The Morgan fingerprint density at radius 1 is 1.57 bits per heavy atom. The van der Waals surface area contributed by atoms with Gasteiger partial charge in [-0.3, -0.25) is 4.79 Å². The Balaban J connectivity index is 2.13. The van der Waals surface area contributed by atoms with Gasteiger partial charge in [-0.1, -0.05) is 31.2 Å². The molecular weight excluding hydrogens is 174 g/mol. The minimum absolute atomic E-state index is 0.123. The summed E-state index contributed by atoms with van der Waals surface area (Å²) in [6.07, 6.45) is 12.9. The smallest absolute Gasteiger partial charge is 0.219 e. The van der Waals surface area contributed by atoms with E-state index in [0.717, 1.165) is 6.42 Å². The van der Waals surface area contributed by atoms with Gasteiger partial charge in [0, 0.05) is 13.0 Å². The molecular formula is C12H19NO. The summed E-state index contributed by atoms with van der Waals surface area (Å²) in [5, 5.41) is 2.83. The number of amides is 1. The molecule has 0 saturated heterocycles. The summed E-state index contributed by atoms with van der Waals surface area (Å²) in [5.74, 6) is 0.803. The molecule has 0 aromatic heterocycles. The van der Waals surface area contributed by atoms with Gasteiger partial charge in [0.25, 0.3) is 0 Å². The minimum atomic E-state index is 0.123. The Bertz CT molecular complexity index is 230. The van der Waals surface area contributed by atoms with Gasteiger partial charge in [0.05, 0.1) is 0 Å². The Hall–Kier alpha value is -1.05. The maximum atomic E-state index is 10.9. The first-order valence-corrected chi connectivity index (χ1v) is 5.41. The highest BCUT2D eigenvalue weighted by Gasteiger charge is 2.04. The molecule has 78 valence electrons. The van der Waals surface area contributed by atoms with Crippen molar-refractivity contribution in [1.29, 1.82) is 0 Å². The first-order valence-electron chi connectivity index (χ1n) is 5.41. The van der Waals surface area contributed by atoms with Crippen molar-refractivity contribution in [2.45, 2.75) is 32.6 Å². The molecule has 1 N–H and O–H groups in total. The van der Waals surface area contributed by atoms with Crippen LogP contribution in [0.5, 0.6) is 0 Å². The lowest BCUT2D eigenvalue weighted by Crippen LogP contribution is -2.22. The Labute approximate surface area is 86.1 Å². The summed E-state index contributed by atoms with van der Waals surface area (Å²) in [7, 11) is 0. The Morgan fingerprint density at radius 3 is 3.07 bits per heavy atom. The Morgan fingerprint density at radius 2 is 2.43 bits per heavy atom. The summed E-state index contributed by atoms with van der Waals surface area (Å²) in [4.78, 5) is 10.9. The molecule has 1 amide bonds. The van der Waals surface area contributed by atoms with Crippen molar-refractivity contribution in [2.75, 3.05) is 6.54 Å². The molecule has 14 heavy (non-hydrogen) atoms. The highest BCUT2D eigenvalue weighted by atomic mass is 16.1. The molecule has 0 spiro atoms. The summed E-state index contributed by atoms with van der Waals surface area (Å²) >= 11 is 0. The van der Waals surface area contributed by atoms with E-state index in [0.29, 0.717) is 18.9 Å². The van der Waals surface area contributed by atoms with Gasteiger partial charge in [-0.05, 0) is 25.2 Å². The standard InChI is InChI=1S/C12H19NO/c1-2-12(14)13-10-6-9-11-7-4-3-5-8-11/h3-4,6,9,11H,2,5,7-8,10H2,1H3,(H,13,14)/b9-6+. The van der Waals surface area contributed by atoms with Crippen LogP contribution < -0.4 is 5.32 Å². The van der Waals surface area contributed by atoms with Crippen LogP contribution in [-0.4, -0.2) is 12.5 Å². The number of hydrogen-bond acceptors (Lipinski definition) is 1. The molecule has 0 bridgehead atoms. The molecule has 0 radical (unpaired) electrons. The third-order valence-corrected chi connectivity index (χ3v) is 2.46. The van der Waals surface area contributed by atoms with E-state index in [1.54, 1.807) is 0 Å². The van der Waals surface area contributed by atoms with Crippen LogP contribution in [0.25, 0.3) is 0 Å². The second kappa shape index (κ2) is 6.41. The van der Waals surface area contributed by atoms with Crippen LogP contribution in [0.4, 0.5) is 0 Å². The fourth-order valence-corrected chi connectivity index (χ4v) is 1.55. The summed E-state index contributed by atoms with van der Waals surface area (Å²) in [6, 6.07) is 0. The molecule has 1 atom stereocenters. The van der Waals surface area contributed by atoms with E-state index in [9.17, 15) is 4.79 Å². The van der Waals surface area contributed by atoms with Gasteiger partial charge in [-0.2, -0.15) is 0 Å². The van der Waals surface area contributed by atoms with Gasteiger partial charge in [0.2, 0.25) is 5.91 Å². The van der Waals surface area contributed by atoms with Crippen LogP contribution in [0.1, 0.15) is 32.6 Å². The molecule has 1 rings (SSSR count). The van der Waals surface area contributed by atoms with Crippen LogP contribution in [0.3, 0.4) is 0 Å². The largest absolute Gasteiger partial charge is 0.353 e. The van der Waals surface area contributed by atoms with Gasteiger partial charge in [0.1, 0.15) is 0 Å². The summed E-state index contributed by atoms with van der Waals surface area (Å²) in [5.41, 5.74) is 0. The highest BCUT2D eigenvalue weighted by Crippen LogP contribution is 2.18. The van der Waals surface area contributed by atoms with Gasteiger partial charge < -0.3 is 5.32 Å². The predicted molar refractivity (Wildman–Crippen MR) is 58.9 cm³/mol. The second-order valence-electron chi connectivity index (χ2n) is 3.63. The lowest BCUT2D eigenvalue weighted by atomic mass is 9.94. The van der Waals surface area contributed by atoms with Crippen LogP contribution in [0.2, 0.25) is 0 Å². The quantitative estimate of drug-likeness (QED) is 0.683. The number of nitrogens with one attached hydrogen (secondary N) is 1. The average molecular weight is 193 g/mol. The number of hydrogen-bond donors (Lipinski definition) is 1. The first kappa shape index (κ1) is 11.0. The van der Waals surface area contributed by atoms with Crippen LogP contribution in [-0.2, 0) is 4.79 Å². The number of carbonyl (C=O) groups is 1. The topological polar surface area (TPSA) is 29.1 Å². The van der Waals surface area contributed by atoms with E-state index in [2.05, 4.69) is 29.6 Å². The molecule has 0 saturated carbocycles. The number of rotatable bonds is 4. The first-order chi connectivity index (χ1) is 6.83. The molecule has 2 heteroatoms. The lowest BCUT2D eigenvalue weighted by molar-refractivity contribution is -0.120. The molecule has 1 aliphatic carbocycles. The third-order valence-electron chi connectivity index (χ3n) is 2.46. The fourth-order valence-electron chi connectivity index (χ4n) is 1.55. The maximum Gasteiger partial charge on any atom is 0.219 e. The van der Waals surface area contributed by atoms with Crippen molar-refractivity contribution in [2.24, 2.45) is 5.92 Å². The third kappa shape index (κ3) is 4.26. The van der Waals surface area contributed by atoms with Crippen molar-refractivity contribution in [3.8, 4) is 0 Å². The predicted octanol–water partition coefficient (Wildman–Crippen LogP) is 2.43. The molecule has 2 nitrogen and oxygen atoms in total. The van der Waals surface area contributed by atoms with Gasteiger partial charge >= 0.3 is 0 Å². The zero-order valence-corrected chi connectivity index (χ0v) is 8.83. The summed E-state index contributed by atoms with van der Waals surface area (Å²) < 4.78 is 0. The van der Waals surface area contributed by atoms with E-state index in [4.69, 9.17) is 0 Å². The lowest BCUT2D eigenvalue weighted by Gasteiger charge is -2.12. The van der Waals surface area contributed by atoms with E-state index < -0.39 is 0 Å². The monoisotopic (exact) mass is 193 g/mol.